The summed E-state index contributed by atoms with van der Waals surface area (Å²) in [5.74, 6) is 0. The maximum atomic E-state index is 9.49. The molecule has 1 saturated heterocycles. The van der Waals surface area contributed by atoms with Crippen molar-refractivity contribution in [3.8, 4) is 0 Å². The predicted molar refractivity (Wildman–Crippen MR) is 64.9 cm³/mol. The van der Waals surface area contributed by atoms with Crippen molar-refractivity contribution in [1.29, 1.82) is 0 Å². The Hall–Kier alpha value is -0.340. The van der Waals surface area contributed by atoms with Gasteiger partial charge in [0.1, 0.15) is 0 Å². The van der Waals surface area contributed by atoms with E-state index in [2.05, 4.69) is 24.0 Å². The molecule has 0 amide bonds. The zero-order valence-corrected chi connectivity index (χ0v) is 10.2. The second kappa shape index (κ2) is 7.02. The topological polar surface area (TPSA) is 23.5 Å². The summed E-state index contributed by atoms with van der Waals surface area (Å²) < 4.78 is 0. The molecule has 2 nitrogen and oxygen atoms in total. The molecule has 0 spiro atoms. The van der Waals surface area contributed by atoms with Crippen LogP contribution in [0.25, 0.3) is 0 Å². The summed E-state index contributed by atoms with van der Waals surface area (Å²) in [6.07, 6.45) is 10.3. The molecule has 0 bridgehead atoms. The number of hydrogen-bond acceptors (Lipinski definition) is 2. The van der Waals surface area contributed by atoms with Crippen LogP contribution in [0.2, 0.25) is 0 Å². The Kier molecular flexibility index (Phi) is 5.96. The van der Waals surface area contributed by atoms with Gasteiger partial charge in [-0.1, -0.05) is 25.0 Å². The van der Waals surface area contributed by atoms with Crippen molar-refractivity contribution in [2.75, 3.05) is 13.1 Å². The van der Waals surface area contributed by atoms with Crippen LogP contribution in [0.3, 0.4) is 0 Å². The first kappa shape index (κ1) is 12.7. The minimum absolute atomic E-state index is 0.166. The van der Waals surface area contributed by atoms with Crippen LogP contribution in [0, 0.1) is 0 Å². The van der Waals surface area contributed by atoms with Gasteiger partial charge in [0, 0.05) is 12.6 Å². The number of allylic oxidation sites excluding steroid dienone is 1. The molecule has 0 aliphatic carbocycles. The highest BCUT2D eigenvalue weighted by Crippen LogP contribution is 2.20. The second-order valence-corrected chi connectivity index (χ2v) is 4.65. The van der Waals surface area contributed by atoms with Crippen LogP contribution < -0.4 is 0 Å². The van der Waals surface area contributed by atoms with Gasteiger partial charge in [0.05, 0.1) is 6.10 Å². The van der Waals surface area contributed by atoms with Crippen molar-refractivity contribution in [2.24, 2.45) is 0 Å². The highest BCUT2D eigenvalue weighted by Gasteiger charge is 2.20. The average Bonchev–Trinajstić information content (AvgIpc) is 2.40. The lowest BCUT2D eigenvalue weighted by atomic mass is 10.0. The maximum Gasteiger partial charge on any atom is 0.0527 e. The standard InChI is InChI=1S/C13H25NO/c1-3-4-9-14-10-7-5-6-8-13(14)11-12(2)15/h3-4,12-13,15H,5-11H2,1-2H3/b4-3+. The zero-order valence-electron chi connectivity index (χ0n) is 10.2. The van der Waals surface area contributed by atoms with Crippen LogP contribution >= 0.6 is 0 Å². The van der Waals surface area contributed by atoms with E-state index >= 15 is 0 Å². The predicted octanol–water partition coefficient (Wildman–Crippen LogP) is 2.58. The Morgan fingerprint density at radius 3 is 2.87 bits per heavy atom. The summed E-state index contributed by atoms with van der Waals surface area (Å²) in [6, 6.07) is 0.587. The number of likely N-dealkylation sites (tertiary alicyclic amines) is 1. The minimum atomic E-state index is -0.166. The highest BCUT2D eigenvalue weighted by molar-refractivity contribution is 4.86. The molecule has 0 aromatic carbocycles. The molecular formula is C13H25NO. The van der Waals surface area contributed by atoms with Crippen molar-refractivity contribution < 1.29 is 5.11 Å². The fourth-order valence-corrected chi connectivity index (χ4v) is 2.38. The molecule has 1 N–H and O–H groups in total. The molecule has 1 fully saturated rings. The lowest BCUT2D eigenvalue weighted by molar-refractivity contribution is 0.119. The second-order valence-electron chi connectivity index (χ2n) is 4.65. The van der Waals surface area contributed by atoms with Gasteiger partial charge in [-0.25, -0.2) is 0 Å². The summed E-state index contributed by atoms with van der Waals surface area (Å²) >= 11 is 0. The van der Waals surface area contributed by atoms with Crippen LogP contribution in [-0.4, -0.2) is 35.2 Å². The Morgan fingerprint density at radius 2 is 2.20 bits per heavy atom. The number of nitrogens with zero attached hydrogens (tertiary/aromatic N) is 1. The van der Waals surface area contributed by atoms with Crippen molar-refractivity contribution >= 4 is 0 Å². The molecule has 15 heavy (non-hydrogen) atoms. The number of aliphatic hydroxyl groups excluding tert-OH is 1. The van der Waals surface area contributed by atoms with E-state index in [4.69, 9.17) is 0 Å². The average molecular weight is 211 g/mol. The van der Waals surface area contributed by atoms with Crippen molar-refractivity contribution in [3.63, 3.8) is 0 Å². The summed E-state index contributed by atoms with van der Waals surface area (Å²) in [5, 5.41) is 9.49. The van der Waals surface area contributed by atoms with E-state index in [0.717, 1.165) is 13.0 Å². The fraction of sp³-hybridized carbons (Fsp3) is 0.846. The van der Waals surface area contributed by atoms with Crippen LogP contribution in [0.1, 0.15) is 46.0 Å². The van der Waals surface area contributed by atoms with Crippen LogP contribution in [-0.2, 0) is 0 Å². The van der Waals surface area contributed by atoms with Gasteiger partial charge in [-0.2, -0.15) is 0 Å². The minimum Gasteiger partial charge on any atom is -0.393 e. The molecule has 0 radical (unpaired) electrons. The number of hydrogen-bond donors (Lipinski definition) is 1. The van der Waals surface area contributed by atoms with Crippen LogP contribution in [0.15, 0.2) is 12.2 Å². The van der Waals surface area contributed by atoms with E-state index < -0.39 is 0 Å². The normalized spacial score (nSPS) is 26.7. The van der Waals surface area contributed by atoms with Crippen LogP contribution in [0.4, 0.5) is 0 Å². The molecule has 1 rings (SSSR count). The molecule has 88 valence electrons. The van der Waals surface area contributed by atoms with Crippen molar-refractivity contribution in [2.45, 2.75) is 58.1 Å². The number of aliphatic hydroxyl groups is 1. The largest absolute Gasteiger partial charge is 0.393 e. The van der Waals surface area contributed by atoms with E-state index in [1.807, 2.05) is 6.92 Å². The third kappa shape index (κ3) is 4.80. The van der Waals surface area contributed by atoms with Gasteiger partial charge in [-0.05, 0) is 39.7 Å². The van der Waals surface area contributed by atoms with Crippen LogP contribution in [0.5, 0.6) is 0 Å². The van der Waals surface area contributed by atoms with Gasteiger partial charge in [0.25, 0.3) is 0 Å². The SMILES string of the molecule is C/C=C/CN1CCCCCC1CC(C)O. The lowest BCUT2D eigenvalue weighted by Gasteiger charge is -2.29. The van der Waals surface area contributed by atoms with Gasteiger partial charge in [-0.3, -0.25) is 4.90 Å². The quantitative estimate of drug-likeness (QED) is 0.722. The third-order valence-corrected chi connectivity index (χ3v) is 3.19. The molecule has 0 saturated carbocycles. The molecule has 0 aromatic heterocycles. The zero-order chi connectivity index (χ0) is 11.1. The van der Waals surface area contributed by atoms with Gasteiger partial charge in [-0.15, -0.1) is 0 Å². The molecule has 1 aliphatic heterocycles. The van der Waals surface area contributed by atoms with E-state index in [0.29, 0.717) is 6.04 Å². The Morgan fingerprint density at radius 1 is 1.40 bits per heavy atom. The van der Waals surface area contributed by atoms with E-state index in [1.54, 1.807) is 0 Å². The van der Waals surface area contributed by atoms with E-state index in [-0.39, 0.29) is 6.10 Å². The van der Waals surface area contributed by atoms with E-state index in [1.165, 1.54) is 32.2 Å². The lowest BCUT2D eigenvalue weighted by Crippen LogP contribution is -2.37. The monoisotopic (exact) mass is 211 g/mol. The Bertz CT molecular complexity index is 189. The van der Waals surface area contributed by atoms with E-state index in [9.17, 15) is 5.11 Å². The van der Waals surface area contributed by atoms with Gasteiger partial charge in [0.15, 0.2) is 0 Å². The van der Waals surface area contributed by atoms with Crippen molar-refractivity contribution in [3.05, 3.63) is 12.2 Å². The summed E-state index contributed by atoms with van der Waals surface area (Å²) in [5.41, 5.74) is 0. The summed E-state index contributed by atoms with van der Waals surface area (Å²) in [7, 11) is 0. The molecule has 2 atom stereocenters. The molecular weight excluding hydrogens is 186 g/mol. The first-order chi connectivity index (χ1) is 7.24. The highest BCUT2D eigenvalue weighted by atomic mass is 16.3. The third-order valence-electron chi connectivity index (χ3n) is 3.19. The summed E-state index contributed by atoms with van der Waals surface area (Å²) in [4.78, 5) is 2.53. The Labute approximate surface area is 94.0 Å². The summed E-state index contributed by atoms with van der Waals surface area (Å²) in [6.45, 7) is 6.22. The molecule has 1 heterocycles. The number of rotatable bonds is 4. The van der Waals surface area contributed by atoms with Gasteiger partial charge in [0.2, 0.25) is 0 Å². The molecule has 2 heteroatoms. The molecule has 0 aromatic rings. The van der Waals surface area contributed by atoms with Gasteiger partial charge < -0.3 is 5.11 Å². The fourth-order valence-electron chi connectivity index (χ4n) is 2.38. The molecule has 1 aliphatic rings. The Balaban J connectivity index is 2.50. The van der Waals surface area contributed by atoms with Crippen molar-refractivity contribution in [1.82, 2.24) is 4.90 Å². The molecule has 2 unspecified atom stereocenters. The maximum absolute atomic E-state index is 9.49. The first-order valence-corrected chi connectivity index (χ1v) is 6.27. The van der Waals surface area contributed by atoms with Gasteiger partial charge >= 0.3 is 0 Å². The smallest absolute Gasteiger partial charge is 0.0527 e. The first-order valence-electron chi connectivity index (χ1n) is 6.27.